The lowest BCUT2D eigenvalue weighted by atomic mass is 10.2. The second-order valence-corrected chi connectivity index (χ2v) is 6.89. The number of nitro benzene ring substituents is 1. The van der Waals surface area contributed by atoms with Crippen molar-refractivity contribution in [3.8, 4) is 0 Å². The van der Waals surface area contributed by atoms with Gasteiger partial charge in [0.1, 0.15) is 0 Å². The fourth-order valence-corrected chi connectivity index (χ4v) is 3.29. The number of anilines is 1. The highest BCUT2D eigenvalue weighted by Crippen LogP contribution is 2.28. The average Bonchev–Trinajstić information content (AvgIpc) is 3.17. The topological polar surface area (TPSA) is 105 Å². The first-order chi connectivity index (χ1) is 14.2. The van der Waals surface area contributed by atoms with Crippen molar-refractivity contribution < 1.29 is 4.92 Å². The third-order valence-corrected chi connectivity index (χ3v) is 4.83. The molecule has 1 aromatic heterocycles. The minimum absolute atomic E-state index is 0.00719. The van der Waals surface area contributed by atoms with Crippen LogP contribution < -0.4 is 5.43 Å². The van der Waals surface area contributed by atoms with E-state index in [4.69, 9.17) is 0 Å². The first-order valence-corrected chi connectivity index (χ1v) is 9.41. The second kappa shape index (κ2) is 8.36. The summed E-state index contributed by atoms with van der Waals surface area (Å²) in [5.41, 5.74) is 5.14. The first-order valence-electron chi connectivity index (χ1n) is 8.60. The molecule has 0 radical (unpaired) electrons. The zero-order chi connectivity index (χ0) is 20.1. The van der Waals surface area contributed by atoms with Crippen molar-refractivity contribution in [1.82, 2.24) is 4.98 Å². The van der Waals surface area contributed by atoms with E-state index >= 15 is 0 Å². The minimum Gasteiger partial charge on any atom is -0.276 e. The molecule has 29 heavy (non-hydrogen) atoms. The molecule has 0 fully saturated rings. The average molecular weight is 402 g/mol. The van der Waals surface area contributed by atoms with Gasteiger partial charge in [-0.1, -0.05) is 41.7 Å². The summed E-state index contributed by atoms with van der Waals surface area (Å²) >= 11 is 1.42. The lowest BCUT2D eigenvalue weighted by molar-refractivity contribution is -0.384. The molecule has 0 aliphatic rings. The number of benzene rings is 3. The van der Waals surface area contributed by atoms with Crippen molar-refractivity contribution in [2.45, 2.75) is 0 Å². The van der Waals surface area contributed by atoms with Crippen LogP contribution in [0.4, 0.5) is 16.5 Å². The Hall–Kier alpha value is -3.98. The van der Waals surface area contributed by atoms with E-state index in [2.05, 4.69) is 25.7 Å². The van der Waals surface area contributed by atoms with Crippen molar-refractivity contribution in [3.63, 3.8) is 0 Å². The number of hydrogen-bond donors (Lipinski definition) is 1. The first kappa shape index (κ1) is 18.4. The smallest absolute Gasteiger partial charge is 0.269 e. The van der Waals surface area contributed by atoms with Crippen LogP contribution in [0, 0.1) is 10.1 Å². The van der Waals surface area contributed by atoms with Gasteiger partial charge in [-0.15, -0.1) is 10.2 Å². The van der Waals surface area contributed by atoms with Gasteiger partial charge < -0.3 is 0 Å². The molecule has 1 heterocycles. The van der Waals surface area contributed by atoms with E-state index in [1.807, 2.05) is 54.6 Å². The lowest BCUT2D eigenvalue weighted by Crippen LogP contribution is -2.01. The number of nitrogens with one attached hydrogen (secondary N) is 1. The molecule has 9 heteroatoms. The summed E-state index contributed by atoms with van der Waals surface area (Å²) in [5, 5.41) is 24.2. The summed E-state index contributed by atoms with van der Waals surface area (Å²) in [6, 6.07) is 23.1. The van der Waals surface area contributed by atoms with Gasteiger partial charge in [-0.3, -0.25) is 15.5 Å². The van der Waals surface area contributed by atoms with Gasteiger partial charge in [0.2, 0.25) is 11.0 Å². The molecule has 0 aliphatic carbocycles. The molecule has 0 spiro atoms. The van der Waals surface area contributed by atoms with Crippen molar-refractivity contribution in [1.29, 1.82) is 0 Å². The zero-order valence-electron chi connectivity index (χ0n) is 15.0. The molecule has 4 rings (SSSR count). The number of non-ortho nitro benzene ring substituents is 1. The number of nitrogens with zero attached hydrogens (tertiary/aromatic N) is 5. The van der Waals surface area contributed by atoms with Gasteiger partial charge in [0.15, 0.2) is 0 Å². The van der Waals surface area contributed by atoms with Crippen LogP contribution in [-0.2, 0) is 0 Å². The number of nitro groups is 1. The summed E-state index contributed by atoms with van der Waals surface area (Å²) < 4.78 is 1.01. The number of para-hydroxylation sites is 2. The zero-order valence-corrected chi connectivity index (χ0v) is 15.8. The van der Waals surface area contributed by atoms with E-state index in [1.165, 1.54) is 23.5 Å². The van der Waals surface area contributed by atoms with Gasteiger partial charge in [0.05, 0.1) is 20.8 Å². The van der Waals surface area contributed by atoms with Crippen LogP contribution in [0.5, 0.6) is 0 Å². The van der Waals surface area contributed by atoms with Gasteiger partial charge in [0.25, 0.3) is 5.69 Å². The van der Waals surface area contributed by atoms with E-state index in [1.54, 1.807) is 12.1 Å². The molecule has 0 bridgehead atoms. The molecule has 0 atom stereocenters. The SMILES string of the molecule is O=[N+]([O-])c1ccc(/C(N=Nc2nc3ccccc3s2)=N\Nc2ccccc2)cc1. The van der Waals surface area contributed by atoms with Crippen LogP contribution in [0.15, 0.2) is 94.2 Å². The van der Waals surface area contributed by atoms with Crippen molar-refractivity contribution >= 4 is 43.9 Å². The fourth-order valence-electron chi connectivity index (χ4n) is 2.50. The van der Waals surface area contributed by atoms with Gasteiger partial charge in [-0.25, -0.2) is 4.98 Å². The number of fused-ring (bicyclic) bond motifs is 1. The summed E-state index contributed by atoms with van der Waals surface area (Å²) in [5.74, 6) is 0.281. The maximum atomic E-state index is 10.9. The van der Waals surface area contributed by atoms with Crippen LogP contribution in [0.3, 0.4) is 0 Å². The summed E-state index contributed by atoms with van der Waals surface area (Å²) in [7, 11) is 0. The van der Waals surface area contributed by atoms with Crippen molar-refractivity contribution in [2.24, 2.45) is 15.3 Å². The van der Waals surface area contributed by atoms with Crippen LogP contribution >= 0.6 is 11.3 Å². The number of aromatic nitrogens is 1. The standard InChI is InChI=1S/C20H14N6O2S/c27-26(28)16-12-10-14(11-13-16)19(23-22-15-6-2-1-3-7-15)24-25-20-21-17-8-4-5-9-18(17)29-20/h1-13,22H/b23-19+,25-24?. The highest BCUT2D eigenvalue weighted by atomic mass is 32.1. The predicted octanol–water partition coefficient (Wildman–Crippen LogP) is 5.76. The molecule has 0 aliphatic heterocycles. The quantitative estimate of drug-likeness (QED) is 0.150. The summed E-state index contributed by atoms with van der Waals surface area (Å²) in [6.45, 7) is 0. The molecule has 142 valence electrons. The molecule has 4 aromatic rings. The number of hydrogen-bond acceptors (Lipinski definition) is 7. The number of amidine groups is 1. The highest BCUT2D eigenvalue weighted by molar-refractivity contribution is 7.21. The van der Waals surface area contributed by atoms with Gasteiger partial charge >= 0.3 is 0 Å². The number of thiazole rings is 1. The van der Waals surface area contributed by atoms with E-state index in [-0.39, 0.29) is 11.5 Å². The molecule has 0 amide bonds. The van der Waals surface area contributed by atoms with E-state index in [9.17, 15) is 10.1 Å². The van der Waals surface area contributed by atoms with Gasteiger partial charge in [-0.05, 0) is 36.4 Å². The van der Waals surface area contributed by atoms with E-state index in [0.29, 0.717) is 10.7 Å². The summed E-state index contributed by atoms with van der Waals surface area (Å²) in [6.07, 6.45) is 0. The monoisotopic (exact) mass is 402 g/mol. The Kier molecular flexibility index (Phi) is 5.30. The van der Waals surface area contributed by atoms with E-state index < -0.39 is 4.92 Å². The third kappa shape index (κ3) is 4.47. The summed E-state index contributed by atoms with van der Waals surface area (Å²) in [4.78, 5) is 14.9. The molecular formula is C20H14N6O2S. The number of rotatable bonds is 5. The van der Waals surface area contributed by atoms with Crippen molar-refractivity contribution in [3.05, 3.63) is 94.5 Å². The van der Waals surface area contributed by atoms with Crippen LogP contribution in [0.1, 0.15) is 5.56 Å². The highest BCUT2D eigenvalue weighted by Gasteiger charge is 2.09. The Labute approximate surface area is 169 Å². The maximum Gasteiger partial charge on any atom is 0.269 e. The molecule has 0 saturated heterocycles. The Bertz CT molecular complexity index is 1170. The van der Waals surface area contributed by atoms with E-state index in [0.717, 1.165) is 15.9 Å². The molecule has 0 saturated carbocycles. The third-order valence-electron chi connectivity index (χ3n) is 3.91. The Balaban J connectivity index is 1.65. The van der Waals surface area contributed by atoms with Crippen LogP contribution in [-0.4, -0.2) is 15.7 Å². The molecule has 0 unspecified atom stereocenters. The maximum absolute atomic E-state index is 10.9. The fraction of sp³-hybridized carbons (Fsp3) is 0. The second-order valence-electron chi connectivity index (χ2n) is 5.88. The Morgan fingerprint density at radius 3 is 2.41 bits per heavy atom. The number of azo groups is 1. The molecule has 3 aromatic carbocycles. The predicted molar refractivity (Wildman–Crippen MR) is 114 cm³/mol. The largest absolute Gasteiger partial charge is 0.276 e. The van der Waals surface area contributed by atoms with Gasteiger partial charge in [-0.2, -0.15) is 5.10 Å². The van der Waals surface area contributed by atoms with Gasteiger partial charge in [0, 0.05) is 17.7 Å². The van der Waals surface area contributed by atoms with Crippen LogP contribution in [0.2, 0.25) is 0 Å². The Morgan fingerprint density at radius 2 is 1.69 bits per heavy atom. The molecular weight excluding hydrogens is 388 g/mol. The lowest BCUT2D eigenvalue weighted by Gasteiger charge is -2.03. The Morgan fingerprint density at radius 1 is 0.966 bits per heavy atom. The molecule has 8 nitrogen and oxygen atoms in total. The van der Waals surface area contributed by atoms with Crippen LogP contribution in [0.25, 0.3) is 10.2 Å². The molecule has 1 N–H and O–H groups in total. The normalized spacial score (nSPS) is 11.8. The van der Waals surface area contributed by atoms with Crippen molar-refractivity contribution in [2.75, 3.05) is 5.43 Å². The minimum atomic E-state index is -0.453. The number of hydrazone groups is 1.